The van der Waals surface area contributed by atoms with E-state index in [9.17, 15) is 19.9 Å². The second-order valence-electron chi connectivity index (χ2n) is 10.3. The Balaban J connectivity index is 1.22. The van der Waals surface area contributed by atoms with Gasteiger partial charge in [-0.2, -0.15) is 23.7 Å². The van der Waals surface area contributed by atoms with Gasteiger partial charge in [0.2, 0.25) is 5.95 Å². The number of nitrogens with one attached hydrogen (secondary N) is 1. The van der Waals surface area contributed by atoms with Crippen molar-refractivity contribution in [3.8, 4) is 0 Å². The molecule has 10 atom stereocenters. The van der Waals surface area contributed by atoms with Gasteiger partial charge >= 0.3 is 13.9 Å². The number of imidazole rings is 1. The summed E-state index contributed by atoms with van der Waals surface area (Å²) in [5.74, 6) is -0.0172. The van der Waals surface area contributed by atoms with Gasteiger partial charge in [-0.3, -0.25) is 18.9 Å². The molecule has 7 rings (SSSR count). The third kappa shape index (κ3) is 5.58. The Hall–Kier alpha value is -2.47. The molecule has 10 unspecified atom stereocenters. The zero-order valence-corrected chi connectivity index (χ0v) is 26.9. The van der Waals surface area contributed by atoms with E-state index in [4.69, 9.17) is 55.4 Å². The van der Waals surface area contributed by atoms with E-state index in [0.29, 0.717) is 5.39 Å². The van der Waals surface area contributed by atoms with Crippen LogP contribution >= 0.6 is 26.1 Å². The third-order valence-electron chi connectivity index (χ3n) is 7.55. The van der Waals surface area contributed by atoms with Crippen molar-refractivity contribution in [3.63, 3.8) is 0 Å². The second kappa shape index (κ2) is 11.9. The third-order valence-corrected chi connectivity index (χ3v) is 11.7. The van der Waals surface area contributed by atoms with E-state index < -0.39 is 75.1 Å². The molecule has 7 heterocycles. The fourth-order valence-corrected chi connectivity index (χ4v) is 8.47. The van der Waals surface area contributed by atoms with Crippen LogP contribution in [0.4, 0.5) is 11.8 Å². The Morgan fingerprint density at radius 2 is 1.91 bits per heavy atom. The summed E-state index contributed by atoms with van der Waals surface area (Å²) in [6.07, 6.45) is -6.32. The lowest BCUT2D eigenvalue weighted by Crippen LogP contribution is -2.36. The number of aliphatic hydroxyl groups is 2. The molecule has 46 heavy (non-hydrogen) atoms. The van der Waals surface area contributed by atoms with Crippen molar-refractivity contribution in [1.29, 1.82) is 0 Å². The number of aromatic amines is 1. The van der Waals surface area contributed by atoms with Crippen molar-refractivity contribution in [1.82, 2.24) is 39.3 Å². The first kappa shape index (κ1) is 32.1. The molecule has 8 N–H and O–H groups in total. The standard InChI is InChI=1S/C21H26N10O11P2S2/c1-36-44(46)38-4-9-13(12(33)19(40-9)31-16-7(2-27-31)15(22)24-5-25-16)41-43(35,45)37-3-8-11(32)14(42-44)20(39-8)30-6-26-10-17(30)28-21(23)29-18(10)34/h2,5-6,8-9,11-14,19-20,32-33,46H,3-4H2,1H3,(H5-,22,23,24,25,27,28,29,34,35,45)/p+1. The summed E-state index contributed by atoms with van der Waals surface area (Å²) in [7, 11) is -2.35. The van der Waals surface area contributed by atoms with Gasteiger partial charge in [-0.1, -0.05) is 0 Å². The normalized spacial score (nSPS) is 37.2. The van der Waals surface area contributed by atoms with Crippen molar-refractivity contribution in [3.05, 3.63) is 29.2 Å². The van der Waals surface area contributed by atoms with Gasteiger partial charge in [0.15, 0.2) is 35.4 Å². The summed E-state index contributed by atoms with van der Waals surface area (Å²) < 4.78 is 43.8. The van der Waals surface area contributed by atoms with Crippen molar-refractivity contribution in [2.45, 2.75) is 49.1 Å². The van der Waals surface area contributed by atoms with Crippen LogP contribution in [-0.4, -0.2) is 111 Å². The van der Waals surface area contributed by atoms with Crippen LogP contribution in [0, 0.1) is 0 Å². The van der Waals surface area contributed by atoms with Crippen LogP contribution < -0.4 is 17.0 Å². The van der Waals surface area contributed by atoms with Gasteiger partial charge in [-0.15, -0.1) is 0 Å². The molecule has 2 bridgehead atoms. The number of hydrogen-bond donors (Lipinski definition) is 7. The molecule has 4 aromatic heterocycles. The summed E-state index contributed by atoms with van der Waals surface area (Å²) >= 11 is 9.81. The molecule has 0 amide bonds. The van der Waals surface area contributed by atoms with Crippen LogP contribution in [0.5, 0.6) is 0 Å². The van der Waals surface area contributed by atoms with Crippen molar-refractivity contribution >= 4 is 71.9 Å². The van der Waals surface area contributed by atoms with Gasteiger partial charge in [-0.05, 0) is 11.8 Å². The summed E-state index contributed by atoms with van der Waals surface area (Å²) in [6.45, 7) is -5.02. The minimum absolute atomic E-state index is 0.0344. The van der Waals surface area contributed by atoms with Gasteiger partial charge < -0.3 is 40.6 Å². The van der Waals surface area contributed by atoms with Crippen molar-refractivity contribution in [2.24, 2.45) is 0 Å². The zero-order chi connectivity index (χ0) is 32.5. The number of rotatable bonds is 3. The van der Waals surface area contributed by atoms with Gasteiger partial charge in [-0.25, -0.2) is 19.6 Å². The van der Waals surface area contributed by atoms with Crippen LogP contribution in [0.25, 0.3) is 22.2 Å². The van der Waals surface area contributed by atoms with Gasteiger partial charge in [0.1, 0.15) is 49.3 Å². The lowest BCUT2D eigenvalue weighted by Gasteiger charge is -2.26. The molecule has 3 aliphatic heterocycles. The minimum atomic E-state index is -4.15. The van der Waals surface area contributed by atoms with Gasteiger partial charge in [0, 0.05) is 0 Å². The average Bonchev–Trinajstić information content (AvgIpc) is 3.77. The molecule has 0 radical (unpaired) electrons. The van der Waals surface area contributed by atoms with E-state index in [1.807, 2.05) is 0 Å². The highest BCUT2D eigenvalue weighted by atomic mass is 32.7. The molecular formula is C21H27N10O11P2S2+. The Morgan fingerprint density at radius 1 is 1.13 bits per heavy atom. The molecule has 3 fully saturated rings. The predicted octanol–water partition coefficient (Wildman–Crippen LogP) is -1.07. The van der Waals surface area contributed by atoms with Crippen LogP contribution in [0.15, 0.2) is 23.6 Å². The molecule has 21 nitrogen and oxygen atoms in total. The maximum Gasteiger partial charge on any atom is 0.478 e. The highest BCUT2D eigenvalue weighted by Gasteiger charge is 2.58. The zero-order valence-electron chi connectivity index (χ0n) is 23.4. The number of H-pyrrole nitrogens is 1. The number of nitrogen functional groups attached to an aromatic ring is 2. The summed E-state index contributed by atoms with van der Waals surface area (Å²) in [6, 6.07) is 0. The maximum absolute atomic E-state index is 12.4. The first-order valence-corrected chi connectivity index (χ1v) is 18.7. The fourth-order valence-electron chi connectivity index (χ4n) is 5.37. The largest absolute Gasteiger partial charge is 0.478 e. The SMILES string of the molecule is CO[P+]1(S)OCC2OC(n3ncc4c(N)ncnc43)C(O)C2OP(O)(=S)OCC2OC(n3cnc4c(=O)[nH]c(N)nc43)C(O1)C2O. The van der Waals surface area contributed by atoms with Crippen LogP contribution in [0.1, 0.15) is 12.5 Å². The minimum Gasteiger partial charge on any atom is -0.387 e. The lowest BCUT2D eigenvalue weighted by atomic mass is 10.1. The predicted molar refractivity (Wildman–Crippen MR) is 163 cm³/mol. The number of thiol groups is 1. The topological polar surface area (TPSA) is 285 Å². The molecule has 3 saturated heterocycles. The number of anilines is 2. The van der Waals surface area contributed by atoms with E-state index in [-0.39, 0.29) is 35.2 Å². The van der Waals surface area contributed by atoms with Crippen LogP contribution in [-0.2, 0) is 43.9 Å². The first-order chi connectivity index (χ1) is 21.9. The van der Waals surface area contributed by atoms with Gasteiger partial charge in [0.05, 0.1) is 43.9 Å². The summed E-state index contributed by atoms with van der Waals surface area (Å²) in [5.41, 5.74) is 11.3. The molecule has 248 valence electrons. The molecule has 3 aliphatic rings. The number of nitrogens with zero attached hydrogens (tertiary/aromatic N) is 7. The molecule has 4 aromatic rings. The Morgan fingerprint density at radius 3 is 2.70 bits per heavy atom. The number of hydrogen-bond acceptors (Lipinski definition) is 19. The van der Waals surface area contributed by atoms with E-state index in [1.54, 1.807) is 0 Å². The monoisotopic (exact) mass is 721 g/mol. The number of fused-ring (bicyclic) bond motifs is 5. The summed E-state index contributed by atoms with van der Waals surface area (Å²) in [5, 5.41) is 27.3. The van der Waals surface area contributed by atoms with Gasteiger partial charge in [0.25, 0.3) is 5.56 Å². The molecule has 0 saturated carbocycles. The molecule has 0 aromatic carbocycles. The molecule has 25 heteroatoms. The van der Waals surface area contributed by atoms with E-state index >= 15 is 0 Å². The Kier molecular flexibility index (Phi) is 8.30. The quantitative estimate of drug-likeness (QED) is 0.0979. The maximum atomic E-state index is 12.4. The molecule has 0 aliphatic carbocycles. The Labute approximate surface area is 268 Å². The number of aromatic nitrogens is 8. The van der Waals surface area contributed by atoms with E-state index in [0.717, 1.165) is 0 Å². The number of nitrogens with two attached hydrogens (primary N) is 2. The fraction of sp³-hybridized carbons (Fsp3) is 0.524. The highest BCUT2D eigenvalue weighted by molar-refractivity contribution is 8.47. The van der Waals surface area contributed by atoms with E-state index in [1.165, 1.54) is 35.2 Å². The average molecular weight is 722 g/mol. The van der Waals surface area contributed by atoms with Crippen molar-refractivity contribution in [2.75, 3.05) is 31.8 Å². The Bertz CT molecular complexity index is 1900. The van der Waals surface area contributed by atoms with E-state index in [2.05, 4.69) is 42.3 Å². The van der Waals surface area contributed by atoms with Crippen molar-refractivity contribution < 1.29 is 47.2 Å². The number of ether oxygens (including phenoxy) is 2. The van der Waals surface area contributed by atoms with Crippen LogP contribution in [0.2, 0.25) is 0 Å². The van der Waals surface area contributed by atoms with Crippen LogP contribution in [0.3, 0.4) is 0 Å². The summed E-state index contributed by atoms with van der Waals surface area (Å²) in [4.78, 5) is 42.2. The highest BCUT2D eigenvalue weighted by Crippen LogP contribution is 2.68. The molecular weight excluding hydrogens is 694 g/mol. The first-order valence-electron chi connectivity index (χ1n) is 13.4. The second-order valence-corrected chi connectivity index (χ2v) is 16.4. The molecule has 0 spiro atoms. The smallest absolute Gasteiger partial charge is 0.387 e. The number of aliphatic hydroxyl groups excluding tert-OH is 2. The lowest BCUT2D eigenvalue weighted by molar-refractivity contribution is -0.0640.